The van der Waals surface area contributed by atoms with Crippen LogP contribution in [0.25, 0.3) is 0 Å². The maximum atomic E-state index is 5.15. The van der Waals surface area contributed by atoms with Crippen molar-refractivity contribution in [3.05, 3.63) is 0 Å². The molecule has 1 N–H and O–H groups in total. The van der Waals surface area contributed by atoms with Crippen molar-refractivity contribution in [1.82, 2.24) is 5.32 Å². The van der Waals surface area contributed by atoms with Crippen LogP contribution in [0, 0.1) is 0 Å². The number of thioether (sulfide) groups is 1. The van der Waals surface area contributed by atoms with Gasteiger partial charge in [0.05, 0.1) is 19.3 Å². The van der Waals surface area contributed by atoms with E-state index in [2.05, 4.69) is 11.6 Å². The maximum absolute atomic E-state index is 5.15. The van der Waals surface area contributed by atoms with Gasteiger partial charge < -0.3 is 10.1 Å². The minimum absolute atomic E-state index is 0.663. The van der Waals surface area contributed by atoms with E-state index in [1.807, 2.05) is 11.8 Å². The van der Waals surface area contributed by atoms with Gasteiger partial charge >= 0.3 is 0 Å². The predicted octanol–water partition coefficient (Wildman–Crippen LogP) is 1.65. The summed E-state index contributed by atoms with van der Waals surface area (Å²) in [5.74, 6) is 0. The Morgan fingerprint density at radius 2 is 1.77 bits per heavy atom. The van der Waals surface area contributed by atoms with Crippen LogP contribution in [0.2, 0.25) is 0 Å². The van der Waals surface area contributed by atoms with Crippen LogP contribution in [-0.4, -0.2) is 36.8 Å². The molecule has 1 saturated heterocycles. The van der Waals surface area contributed by atoms with Crippen LogP contribution in [0.5, 0.6) is 0 Å². The van der Waals surface area contributed by atoms with E-state index < -0.39 is 0 Å². The number of nitrogens with one attached hydrogen (secondary N) is 1. The SMILES string of the molecule is CSC1CCC(NC2COC2)CC1. The highest BCUT2D eigenvalue weighted by Crippen LogP contribution is 2.27. The third-order valence-electron chi connectivity index (χ3n) is 3.12. The standard InChI is InChI=1S/C10H19NOS/c1-13-10-4-2-8(3-5-10)11-9-6-12-7-9/h8-11H,2-7H2,1H3. The van der Waals surface area contributed by atoms with Crippen molar-refractivity contribution in [2.45, 2.75) is 43.0 Å². The summed E-state index contributed by atoms with van der Waals surface area (Å²) in [4.78, 5) is 0. The molecule has 1 saturated carbocycles. The molecule has 0 amide bonds. The Morgan fingerprint density at radius 3 is 2.23 bits per heavy atom. The van der Waals surface area contributed by atoms with Gasteiger partial charge in [0.1, 0.15) is 0 Å². The average Bonchev–Trinajstić information content (AvgIpc) is 2.12. The Kier molecular flexibility index (Phi) is 3.52. The second-order valence-electron chi connectivity index (χ2n) is 4.11. The number of rotatable bonds is 3. The van der Waals surface area contributed by atoms with Crippen molar-refractivity contribution in [3.63, 3.8) is 0 Å². The zero-order valence-corrected chi connectivity index (χ0v) is 9.11. The predicted molar refractivity (Wildman–Crippen MR) is 57.3 cm³/mol. The van der Waals surface area contributed by atoms with E-state index in [0.717, 1.165) is 24.5 Å². The molecular weight excluding hydrogens is 182 g/mol. The van der Waals surface area contributed by atoms with Crippen LogP contribution in [0.3, 0.4) is 0 Å². The number of hydrogen-bond donors (Lipinski definition) is 1. The first kappa shape index (κ1) is 9.81. The first-order valence-electron chi connectivity index (χ1n) is 5.25. The van der Waals surface area contributed by atoms with Gasteiger partial charge in [-0.25, -0.2) is 0 Å². The van der Waals surface area contributed by atoms with Gasteiger partial charge in [0.25, 0.3) is 0 Å². The summed E-state index contributed by atoms with van der Waals surface area (Å²) in [6, 6.07) is 1.44. The molecular formula is C10H19NOS. The lowest BCUT2D eigenvalue weighted by Crippen LogP contribution is -2.51. The van der Waals surface area contributed by atoms with Crippen molar-refractivity contribution in [1.29, 1.82) is 0 Å². The molecule has 1 aliphatic heterocycles. The zero-order chi connectivity index (χ0) is 9.10. The van der Waals surface area contributed by atoms with Crippen molar-refractivity contribution in [2.24, 2.45) is 0 Å². The third-order valence-corrected chi connectivity index (χ3v) is 4.26. The smallest absolute Gasteiger partial charge is 0.0643 e. The molecule has 2 fully saturated rings. The summed E-state index contributed by atoms with van der Waals surface area (Å²) in [5, 5.41) is 4.59. The summed E-state index contributed by atoms with van der Waals surface area (Å²) in [6.07, 6.45) is 7.75. The van der Waals surface area contributed by atoms with Crippen molar-refractivity contribution < 1.29 is 4.74 Å². The number of hydrogen-bond acceptors (Lipinski definition) is 3. The van der Waals surface area contributed by atoms with Crippen LogP contribution >= 0.6 is 11.8 Å². The second kappa shape index (κ2) is 4.67. The van der Waals surface area contributed by atoms with Crippen molar-refractivity contribution >= 4 is 11.8 Å². The summed E-state index contributed by atoms with van der Waals surface area (Å²) >= 11 is 2.03. The molecule has 2 nitrogen and oxygen atoms in total. The minimum atomic E-state index is 0.663. The summed E-state index contributed by atoms with van der Waals surface area (Å²) in [5.41, 5.74) is 0. The van der Waals surface area contributed by atoms with E-state index in [9.17, 15) is 0 Å². The van der Waals surface area contributed by atoms with E-state index in [1.165, 1.54) is 25.7 Å². The summed E-state index contributed by atoms with van der Waals surface area (Å²) in [6.45, 7) is 1.87. The van der Waals surface area contributed by atoms with Gasteiger partial charge in [-0.15, -0.1) is 0 Å². The van der Waals surface area contributed by atoms with E-state index in [4.69, 9.17) is 4.74 Å². The molecule has 76 valence electrons. The van der Waals surface area contributed by atoms with Gasteiger partial charge in [-0.3, -0.25) is 0 Å². The van der Waals surface area contributed by atoms with Gasteiger partial charge in [-0.1, -0.05) is 0 Å². The van der Waals surface area contributed by atoms with Crippen LogP contribution in [0.1, 0.15) is 25.7 Å². The lowest BCUT2D eigenvalue weighted by molar-refractivity contribution is -0.0117. The van der Waals surface area contributed by atoms with Gasteiger partial charge in [0, 0.05) is 11.3 Å². The highest BCUT2D eigenvalue weighted by molar-refractivity contribution is 7.99. The van der Waals surface area contributed by atoms with Gasteiger partial charge in [0.2, 0.25) is 0 Å². The molecule has 1 heterocycles. The van der Waals surface area contributed by atoms with E-state index in [1.54, 1.807) is 0 Å². The van der Waals surface area contributed by atoms with Crippen molar-refractivity contribution in [2.75, 3.05) is 19.5 Å². The molecule has 3 heteroatoms. The molecule has 0 atom stereocenters. The Bertz CT molecular complexity index is 153. The fourth-order valence-corrected chi connectivity index (χ4v) is 2.87. The van der Waals surface area contributed by atoms with Crippen LogP contribution in [0.4, 0.5) is 0 Å². The van der Waals surface area contributed by atoms with Crippen LogP contribution in [0.15, 0.2) is 0 Å². The fourth-order valence-electron chi connectivity index (χ4n) is 2.13. The number of ether oxygens (including phenoxy) is 1. The first-order valence-corrected chi connectivity index (χ1v) is 6.54. The molecule has 2 rings (SSSR count). The fraction of sp³-hybridized carbons (Fsp3) is 1.00. The lowest BCUT2D eigenvalue weighted by atomic mass is 9.94. The summed E-state index contributed by atoms with van der Waals surface area (Å²) in [7, 11) is 0. The largest absolute Gasteiger partial charge is 0.378 e. The van der Waals surface area contributed by atoms with Gasteiger partial charge in [-0.2, -0.15) is 11.8 Å². The van der Waals surface area contributed by atoms with E-state index in [0.29, 0.717) is 6.04 Å². The van der Waals surface area contributed by atoms with E-state index >= 15 is 0 Å². The van der Waals surface area contributed by atoms with Crippen molar-refractivity contribution in [3.8, 4) is 0 Å². The molecule has 13 heavy (non-hydrogen) atoms. The highest BCUT2D eigenvalue weighted by atomic mass is 32.2. The molecule has 0 aromatic carbocycles. The highest BCUT2D eigenvalue weighted by Gasteiger charge is 2.25. The molecule has 0 radical (unpaired) electrons. The Morgan fingerprint density at radius 1 is 1.08 bits per heavy atom. The summed E-state index contributed by atoms with van der Waals surface area (Å²) < 4.78 is 5.15. The van der Waals surface area contributed by atoms with E-state index in [-0.39, 0.29) is 0 Å². The zero-order valence-electron chi connectivity index (χ0n) is 8.29. The molecule has 0 aromatic rings. The van der Waals surface area contributed by atoms with Gasteiger partial charge in [0.15, 0.2) is 0 Å². The maximum Gasteiger partial charge on any atom is 0.0643 e. The molecule has 0 aromatic heterocycles. The topological polar surface area (TPSA) is 21.3 Å². The Balaban J connectivity index is 1.65. The normalized spacial score (nSPS) is 35.8. The lowest BCUT2D eigenvalue weighted by Gasteiger charge is -2.35. The monoisotopic (exact) mass is 201 g/mol. The molecule has 1 aliphatic carbocycles. The third kappa shape index (κ3) is 2.61. The molecule has 2 aliphatic rings. The quantitative estimate of drug-likeness (QED) is 0.750. The molecule has 0 spiro atoms. The second-order valence-corrected chi connectivity index (χ2v) is 5.25. The average molecular weight is 201 g/mol. The minimum Gasteiger partial charge on any atom is -0.378 e. The molecule has 0 bridgehead atoms. The van der Waals surface area contributed by atoms with Crippen LogP contribution in [-0.2, 0) is 4.74 Å². The van der Waals surface area contributed by atoms with Gasteiger partial charge in [-0.05, 0) is 31.9 Å². The molecule has 0 unspecified atom stereocenters. The first-order chi connectivity index (χ1) is 6.38. The Labute approximate surface area is 84.8 Å². The van der Waals surface area contributed by atoms with Crippen LogP contribution < -0.4 is 5.32 Å². The Hall–Kier alpha value is 0.270.